The Bertz CT molecular complexity index is 648. The summed E-state index contributed by atoms with van der Waals surface area (Å²) in [6.45, 7) is 1.43. The van der Waals surface area contributed by atoms with E-state index in [-0.39, 0.29) is 11.7 Å². The number of likely N-dealkylation sites (tertiary alicyclic amines) is 1. The molecule has 0 unspecified atom stereocenters. The van der Waals surface area contributed by atoms with Crippen molar-refractivity contribution in [1.29, 1.82) is 0 Å². The van der Waals surface area contributed by atoms with Crippen molar-refractivity contribution in [1.82, 2.24) is 9.88 Å². The van der Waals surface area contributed by atoms with E-state index in [9.17, 15) is 9.18 Å². The molecule has 22 heavy (non-hydrogen) atoms. The van der Waals surface area contributed by atoms with Gasteiger partial charge in [-0.1, -0.05) is 0 Å². The third kappa shape index (κ3) is 3.50. The molecule has 2 aromatic rings. The number of anilines is 1. The largest absolute Gasteiger partial charge is 0.382 e. The quantitative estimate of drug-likeness (QED) is 0.872. The molecule has 1 fully saturated rings. The van der Waals surface area contributed by atoms with Crippen LogP contribution in [0.4, 0.5) is 10.1 Å². The van der Waals surface area contributed by atoms with E-state index < -0.39 is 0 Å². The molecule has 116 valence electrons. The molecule has 0 atom stereocenters. The molecule has 0 spiro atoms. The highest BCUT2D eigenvalue weighted by Gasteiger charge is 2.24. The molecule has 0 aliphatic carbocycles. The van der Waals surface area contributed by atoms with Crippen LogP contribution in [0.15, 0.2) is 41.0 Å². The predicted molar refractivity (Wildman–Crippen MR) is 87.4 cm³/mol. The van der Waals surface area contributed by atoms with Crippen LogP contribution >= 0.6 is 15.9 Å². The Balaban J connectivity index is 1.54. The summed E-state index contributed by atoms with van der Waals surface area (Å²) in [5.41, 5.74) is 1.52. The molecule has 2 heterocycles. The van der Waals surface area contributed by atoms with Gasteiger partial charge in [-0.25, -0.2) is 4.39 Å². The molecule has 1 aromatic heterocycles. The number of hydrogen-bond acceptors (Lipinski definition) is 2. The number of nitrogens with zero attached hydrogens (tertiary/aromatic N) is 1. The Hall–Kier alpha value is -1.82. The van der Waals surface area contributed by atoms with Crippen LogP contribution < -0.4 is 5.32 Å². The summed E-state index contributed by atoms with van der Waals surface area (Å²) in [4.78, 5) is 17.2. The molecule has 6 heteroatoms. The lowest BCUT2D eigenvalue weighted by Gasteiger charge is -2.32. The van der Waals surface area contributed by atoms with E-state index in [0.717, 1.165) is 23.0 Å². The summed E-state index contributed by atoms with van der Waals surface area (Å²) in [5.74, 6) is -0.200. The Morgan fingerprint density at radius 1 is 1.27 bits per heavy atom. The number of hydrogen-bond donors (Lipinski definition) is 2. The molecule has 0 saturated carbocycles. The lowest BCUT2D eigenvalue weighted by molar-refractivity contribution is 0.0713. The maximum atomic E-state index is 12.9. The monoisotopic (exact) mass is 365 g/mol. The maximum Gasteiger partial charge on any atom is 0.270 e. The van der Waals surface area contributed by atoms with Crippen LogP contribution in [0, 0.1) is 5.82 Å². The molecule has 1 saturated heterocycles. The summed E-state index contributed by atoms with van der Waals surface area (Å²) in [5, 5.41) is 3.39. The van der Waals surface area contributed by atoms with Crippen LogP contribution in [0.3, 0.4) is 0 Å². The van der Waals surface area contributed by atoms with E-state index in [0.29, 0.717) is 24.8 Å². The summed E-state index contributed by atoms with van der Waals surface area (Å²) < 4.78 is 13.8. The Morgan fingerprint density at radius 2 is 1.95 bits per heavy atom. The number of aromatic amines is 1. The van der Waals surface area contributed by atoms with Gasteiger partial charge in [0, 0.05) is 35.5 Å². The molecule has 2 N–H and O–H groups in total. The van der Waals surface area contributed by atoms with Crippen molar-refractivity contribution in [3.8, 4) is 0 Å². The molecule has 4 nitrogen and oxygen atoms in total. The number of carbonyl (C=O) groups is 1. The molecular formula is C16H17BrFN3O. The van der Waals surface area contributed by atoms with Crippen molar-refractivity contribution in [3.05, 3.63) is 52.5 Å². The maximum absolute atomic E-state index is 12.9. The molecule has 1 aliphatic heterocycles. The second-order valence-corrected chi connectivity index (χ2v) is 6.36. The number of H-pyrrole nitrogens is 1. The molecule has 1 aromatic carbocycles. The first-order valence-corrected chi connectivity index (χ1v) is 8.06. The topological polar surface area (TPSA) is 48.1 Å². The minimum Gasteiger partial charge on any atom is -0.382 e. The van der Waals surface area contributed by atoms with Gasteiger partial charge in [0.15, 0.2) is 0 Å². The van der Waals surface area contributed by atoms with Crippen LogP contribution in [0.2, 0.25) is 0 Å². The van der Waals surface area contributed by atoms with Gasteiger partial charge in [-0.15, -0.1) is 0 Å². The van der Waals surface area contributed by atoms with Crippen molar-refractivity contribution >= 4 is 27.5 Å². The van der Waals surface area contributed by atoms with Gasteiger partial charge in [0.25, 0.3) is 5.91 Å². The Kier molecular flexibility index (Phi) is 4.47. The van der Waals surface area contributed by atoms with Crippen molar-refractivity contribution in [2.75, 3.05) is 18.4 Å². The zero-order valence-electron chi connectivity index (χ0n) is 12.0. The summed E-state index contributed by atoms with van der Waals surface area (Å²) in [6.07, 6.45) is 3.52. The van der Waals surface area contributed by atoms with Crippen molar-refractivity contribution < 1.29 is 9.18 Å². The smallest absolute Gasteiger partial charge is 0.270 e. The molecule has 1 aliphatic rings. The highest BCUT2D eigenvalue weighted by molar-refractivity contribution is 9.10. The number of nitrogens with one attached hydrogen (secondary N) is 2. The zero-order valence-corrected chi connectivity index (χ0v) is 13.6. The van der Waals surface area contributed by atoms with Gasteiger partial charge in [-0.2, -0.15) is 0 Å². The average Bonchev–Trinajstić information content (AvgIpc) is 2.96. The second-order valence-electron chi connectivity index (χ2n) is 5.45. The SMILES string of the molecule is O=C(c1cc(Br)c[nH]1)N1CCC(Nc2ccc(F)cc2)CC1. The first-order chi connectivity index (χ1) is 10.6. The highest BCUT2D eigenvalue weighted by atomic mass is 79.9. The van der Waals surface area contributed by atoms with E-state index in [4.69, 9.17) is 0 Å². The number of benzene rings is 1. The standard InChI is InChI=1S/C16H17BrFN3O/c17-11-9-15(19-10-11)16(22)21-7-5-14(6-8-21)20-13-3-1-12(18)2-4-13/h1-4,9-10,14,19-20H,5-8H2. The molecule has 1 amide bonds. The molecule has 0 radical (unpaired) electrons. The van der Waals surface area contributed by atoms with Crippen LogP contribution in [-0.4, -0.2) is 34.9 Å². The summed E-state index contributed by atoms with van der Waals surface area (Å²) in [7, 11) is 0. The molecular weight excluding hydrogens is 349 g/mol. The van der Waals surface area contributed by atoms with Crippen LogP contribution in [0.5, 0.6) is 0 Å². The minimum absolute atomic E-state index is 0.0333. The normalized spacial score (nSPS) is 15.8. The van der Waals surface area contributed by atoms with Gasteiger partial charge in [-0.3, -0.25) is 4.79 Å². The van der Waals surface area contributed by atoms with Gasteiger partial charge in [-0.05, 0) is 59.1 Å². The fourth-order valence-electron chi connectivity index (χ4n) is 2.67. The number of halogens is 2. The van der Waals surface area contributed by atoms with Crippen LogP contribution in [0.1, 0.15) is 23.3 Å². The molecule has 3 rings (SSSR count). The summed E-state index contributed by atoms with van der Waals surface area (Å²) in [6, 6.07) is 8.48. The van der Waals surface area contributed by atoms with E-state index in [1.807, 2.05) is 4.90 Å². The zero-order chi connectivity index (χ0) is 15.5. The fraction of sp³-hybridized carbons (Fsp3) is 0.312. The van der Waals surface area contributed by atoms with Crippen LogP contribution in [-0.2, 0) is 0 Å². The number of amides is 1. The summed E-state index contributed by atoms with van der Waals surface area (Å²) >= 11 is 3.34. The van der Waals surface area contributed by atoms with Crippen LogP contribution in [0.25, 0.3) is 0 Å². The predicted octanol–water partition coefficient (Wildman–Crippen LogP) is 3.63. The van der Waals surface area contributed by atoms with Crippen molar-refractivity contribution in [3.63, 3.8) is 0 Å². The third-order valence-electron chi connectivity index (χ3n) is 3.88. The number of carbonyl (C=O) groups excluding carboxylic acids is 1. The lowest BCUT2D eigenvalue weighted by atomic mass is 10.0. The second kappa shape index (κ2) is 6.52. The van der Waals surface area contributed by atoms with Gasteiger partial charge in [0.2, 0.25) is 0 Å². The van der Waals surface area contributed by atoms with Gasteiger partial charge < -0.3 is 15.2 Å². The van der Waals surface area contributed by atoms with E-state index in [2.05, 4.69) is 26.2 Å². The molecule has 0 bridgehead atoms. The number of piperidine rings is 1. The average molecular weight is 366 g/mol. The first kappa shape index (κ1) is 15.1. The highest BCUT2D eigenvalue weighted by Crippen LogP contribution is 2.19. The van der Waals surface area contributed by atoms with Gasteiger partial charge in [0.1, 0.15) is 11.5 Å². The van der Waals surface area contributed by atoms with E-state index in [1.165, 1.54) is 12.1 Å². The lowest BCUT2D eigenvalue weighted by Crippen LogP contribution is -2.42. The fourth-order valence-corrected chi connectivity index (χ4v) is 3.01. The number of aromatic nitrogens is 1. The Labute approximate surface area is 136 Å². The van der Waals surface area contributed by atoms with E-state index in [1.54, 1.807) is 24.4 Å². The van der Waals surface area contributed by atoms with Gasteiger partial charge >= 0.3 is 0 Å². The third-order valence-corrected chi connectivity index (χ3v) is 4.33. The first-order valence-electron chi connectivity index (χ1n) is 7.27. The van der Waals surface area contributed by atoms with Gasteiger partial charge in [0.05, 0.1) is 0 Å². The van der Waals surface area contributed by atoms with Crippen molar-refractivity contribution in [2.45, 2.75) is 18.9 Å². The Morgan fingerprint density at radius 3 is 2.55 bits per heavy atom. The minimum atomic E-state index is -0.233. The van der Waals surface area contributed by atoms with E-state index >= 15 is 0 Å². The van der Waals surface area contributed by atoms with Crippen molar-refractivity contribution in [2.24, 2.45) is 0 Å². The number of rotatable bonds is 3.